The molecular formula is C17H17FN2O. The number of fused-ring (bicyclic) bond motifs is 1. The van der Waals surface area contributed by atoms with Crippen LogP contribution in [0.4, 0.5) is 10.1 Å². The van der Waals surface area contributed by atoms with Gasteiger partial charge < -0.3 is 10.6 Å². The van der Waals surface area contributed by atoms with E-state index in [1.807, 2.05) is 24.3 Å². The third-order valence-electron chi connectivity index (χ3n) is 3.88. The average molecular weight is 284 g/mol. The first-order valence-corrected chi connectivity index (χ1v) is 7.04. The third kappa shape index (κ3) is 2.75. The lowest BCUT2D eigenvalue weighted by Crippen LogP contribution is -2.18. The summed E-state index contributed by atoms with van der Waals surface area (Å²) in [5, 5.41) is 6.05. The van der Waals surface area contributed by atoms with Crippen LogP contribution in [0.3, 0.4) is 0 Å². The molecule has 0 heterocycles. The van der Waals surface area contributed by atoms with Gasteiger partial charge in [0.05, 0.1) is 6.04 Å². The second-order valence-electron chi connectivity index (χ2n) is 5.24. The number of benzene rings is 2. The zero-order chi connectivity index (χ0) is 14.8. The monoisotopic (exact) mass is 284 g/mol. The summed E-state index contributed by atoms with van der Waals surface area (Å²) in [5.74, 6) is -0.288. The van der Waals surface area contributed by atoms with Crippen molar-refractivity contribution in [2.75, 3.05) is 12.4 Å². The molecule has 0 spiro atoms. The lowest BCUT2D eigenvalue weighted by Gasteiger charge is -2.16. The van der Waals surface area contributed by atoms with Crippen molar-refractivity contribution in [3.05, 3.63) is 65.0 Å². The van der Waals surface area contributed by atoms with Crippen molar-refractivity contribution in [1.82, 2.24) is 5.32 Å². The molecule has 1 amide bonds. The smallest absolute Gasteiger partial charge is 0.251 e. The molecule has 0 aliphatic heterocycles. The number of carbonyl (C=O) groups excluding carboxylic acids is 1. The summed E-state index contributed by atoms with van der Waals surface area (Å²) in [7, 11) is 1.62. The Morgan fingerprint density at radius 2 is 2.10 bits per heavy atom. The number of anilines is 1. The highest BCUT2D eigenvalue weighted by Gasteiger charge is 2.22. The largest absolute Gasteiger partial charge is 0.378 e. The van der Waals surface area contributed by atoms with Crippen molar-refractivity contribution in [3.63, 3.8) is 0 Å². The second kappa shape index (κ2) is 5.56. The quantitative estimate of drug-likeness (QED) is 0.908. The van der Waals surface area contributed by atoms with E-state index in [0.29, 0.717) is 5.56 Å². The summed E-state index contributed by atoms with van der Waals surface area (Å²) in [6.07, 6.45) is 1.81. The Morgan fingerprint density at radius 3 is 2.90 bits per heavy atom. The van der Waals surface area contributed by atoms with Gasteiger partial charge in [-0.15, -0.1) is 0 Å². The van der Waals surface area contributed by atoms with Crippen molar-refractivity contribution in [3.8, 4) is 0 Å². The van der Waals surface area contributed by atoms with E-state index < -0.39 is 0 Å². The summed E-state index contributed by atoms with van der Waals surface area (Å²) in [6.45, 7) is 0. The van der Waals surface area contributed by atoms with Gasteiger partial charge in [-0.2, -0.15) is 0 Å². The maximum atomic E-state index is 13.2. The van der Waals surface area contributed by atoms with Crippen molar-refractivity contribution in [2.45, 2.75) is 18.9 Å². The highest BCUT2D eigenvalue weighted by atomic mass is 19.1. The number of halogens is 1. The molecule has 2 aromatic carbocycles. The average Bonchev–Trinajstić information content (AvgIpc) is 2.89. The highest BCUT2D eigenvalue weighted by molar-refractivity contribution is 5.94. The van der Waals surface area contributed by atoms with Crippen molar-refractivity contribution in [2.24, 2.45) is 0 Å². The second-order valence-corrected chi connectivity index (χ2v) is 5.24. The molecule has 108 valence electrons. The van der Waals surface area contributed by atoms with E-state index in [1.54, 1.807) is 19.2 Å². The van der Waals surface area contributed by atoms with Gasteiger partial charge in [-0.25, -0.2) is 4.39 Å². The fourth-order valence-corrected chi connectivity index (χ4v) is 2.83. The predicted molar refractivity (Wildman–Crippen MR) is 80.9 cm³/mol. The molecule has 0 bridgehead atoms. The number of aryl methyl sites for hydroxylation is 1. The van der Waals surface area contributed by atoms with E-state index in [4.69, 9.17) is 0 Å². The summed E-state index contributed by atoms with van der Waals surface area (Å²) >= 11 is 0. The first-order valence-electron chi connectivity index (χ1n) is 7.04. The summed E-state index contributed by atoms with van der Waals surface area (Å²) in [5.41, 5.74) is 3.73. The molecule has 2 aromatic rings. The summed E-state index contributed by atoms with van der Waals surface area (Å²) < 4.78 is 13.2. The van der Waals surface area contributed by atoms with Gasteiger partial charge in [0, 0.05) is 18.3 Å². The van der Waals surface area contributed by atoms with Gasteiger partial charge in [0.25, 0.3) is 5.91 Å². The third-order valence-corrected chi connectivity index (χ3v) is 3.88. The molecule has 1 unspecified atom stereocenters. The molecule has 0 aromatic heterocycles. The Morgan fingerprint density at radius 1 is 1.24 bits per heavy atom. The minimum atomic E-state index is -0.184. The van der Waals surface area contributed by atoms with Crippen LogP contribution in [0.25, 0.3) is 0 Å². The summed E-state index contributed by atoms with van der Waals surface area (Å²) in [6, 6.07) is 12.5. The first-order chi connectivity index (χ1) is 10.2. The number of hydrogen-bond donors (Lipinski definition) is 2. The number of rotatable bonds is 3. The molecule has 1 atom stereocenters. The first kappa shape index (κ1) is 13.6. The van der Waals surface area contributed by atoms with E-state index in [2.05, 4.69) is 10.6 Å². The zero-order valence-corrected chi connectivity index (χ0v) is 11.8. The van der Waals surface area contributed by atoms with E-state index in [-0.39, 0.29) is 17.8 Å². The van der Waals surface area contributed by atoms with Gasteiger partial charge in [0.15, 0.2) is 0 Å². The SMILES string of the molecule is CNC(=O)c1cccc(NC2CCc3cc(F)ccc32)c1. The molecule has 2 N–H and O–H groups in total. The maximum absolute atomic E-state index is 13.2. The van der Waals surface area contributed by atoms with Crippen LogP contribution in [0, 0.1) is 5.82 Å². The Bertz CT molecular complexity index is 684. The molecule has 3 rings (SSSR count). The van der Waals surface area contributed by atoms with Crippen molar-refractivity contribution >= 4 is 11.6 Å². The fourth-order valence-electron chi connectivity index (χ4n) is 2.83. The molecule has 1 aliphatic carbocycles. The number of hydrogen-bond acceptors (Lipinski definition) is 2. The Labute approximate surface area is 123 Å². The Hall–Kier alpha value is -2.36. The summed E-state index contributed by atoms with van der Waals surface area (Å²) in [4.78, 5) is 11.7. The number of carbonyl (C=O) groups is 1. The molecule has 21 heavy (non-hydrogen) atoms. The minimum absolute atomic E-state index is 0.104. The molecule has 0 radical (unpaired) electrons. The number of nitrogens with one attached hydrogen (secondary N) is 2. The van der Waals surface area contributed by atoms with E-state index in [9.17, 15) is 9.18 Å². The van der Waals surface area contributed by atoms with Crippen LogP contribution in [-0.2, 0) is 6.42 Å². The molecule has 0 saturated heterocycles. The molecule has 4 heteroatoms. The van der Waals surface area contributed by atoms with Gasteiger partial charge in [-0.3, -0.25) is 4.79 Å². The van der Waals surface area contributed by atoms with Gasteiger partial charge >= 0.3 is 0 Å². The van der Waals surface area contributed by atoms with Crippen LogP contribution in [0.1, 0.15) is 33.9 Å². The Balaban J connectivity index is 1.81. The van der Waals surface area contributed by atoms with Crippen LogP contribution >= 0.6 is 0 Å². The lowest BCUT2D eigenvalue weighted by atomic mass is 10.1. The van der Waals surface area contributed by atoms with Gasteiger partial charge in [0.2, 0.25) is 0 Å². The molecule has 1 aliphatic rings. The predicted octanol–water partition coefficient (Wildman–Crippen LogP) is 3.28. The van der Waals surface area contributed by atoms with Crippen LogP contribution in [-0.4, -0.2) is 13.0 Å². The molecular weight excluding hydrogens is 267 g/mol. The van der Waals surface area contributed by atoms with Crippen LogP contribution < -0.4 is 10.6 Å². The highest BCUT2D eigenvalue weighted by Crippen LogP contribution is 2.34. The topological polar surface area (TPSA) is 41.1 Å². The van der Waals surface area contributed by atoms with E-state index in [0.717, 1.165) is 29.7 Å². The Kier molecular flexibility index (Phi) is 3.60. The molecule has 3 nitrogen and oxygen atoms in total. The van der Waals surface area contributed by atoms with Crippen LogP contribution in [0.2, 0.25) is 0 Å². The van der Waals surface area contributed by atoms with Crippen molar-refractivity contribution in [1.29, 1.82) is 0 Å². The van der Waals surface area contributed by atoms with Crippen LogP contribution in [0.15, 0.2) is 42.5 Å². The standard InChI is InChI=1S/C17H17FN2O/c1-19-17(21)12-3-2-4-14(10-12)20-16-8-5-11-9-13(18)6-7-15(11)16/h2-4,6-7,9-10,16,20H,5,8H2,1H3,(H,19,21). The van der Waals surface area contributed by atoms with E-state index in [1.165, 1.54) is 6.07 Å². The zero-order valence-electron chi connectivity index (χ0n) is 11.8. The molecule has 0 saturated carbocycles. The number of amides is 1. The fraction of sp³-hybridized carbons (Fsp3) is 0.235. The van der Waals surface area contributed by atoms with E-state index >= 15 is 0 Å². The van der Waals surface area contributed by atoms with Gasteiger partial charge in [-0.05, 0) is 54.3 Å². The normalized spacial score (nSPS) is 16.4. The van der Waals surface area contributed by atoms with Gasteiger partial charge in [-0.1, -0.05) is 12.1 Å². The van der Waals surface area contributed by atoms with Gasteiger partial charge in [0.1, 0.15) is 5.82 Å². The van der Waals surface area contributed by atoms with Crippen molar-refractivity contribution < 1.29 is 9.18 Å². The lowest BCUT2D eigenvalue weighted by molar-refractivity contribution is 0.0963. The molecule has 0 fully saturated rings. The minimum Gasteiger partial charge on any atom is -0.378 e. The van der Waals surface area contributed by atoms with Crippen LogP contribution in [0.5, 0.6) is 0 Å². The maximum Gasteiger partial charge on any atom is 0.251 e.